The average molecular weight is 283 g/mol. The quantitative estimate of drug-likeness (QED) is 0.938. The number of hydrogen-bond donors (Lipinski definition) is 1. The van der Waals surface area contributed by atoms with E-state index in [1.54, 1.807) is 0 Å². The molecule has 0 aliphatic carbocycles. The van der Waals surface area contributed by atoms with E-state index in [4.69, 9.17) is 9.47 Å². The van der Waals surface area contributed by atoms with E-state index >= 15 is 0 Å². The molecule has 21 heavy (non-hydrogen) atoms. The molecule has 0 aromatic heterocycles. The standard InChI is InChI=1S/C17H17NO3/c1-12-4-2-5-13(8-12)10-18-16(19)9-14-6-3-7-15-17(14)21-11-20-15/h2-8H,9-11H2,1H3,(H,18,19). The Morgan fingerprint density at radius 2 is 2.05 bits per heavy atom. The van der Waals surface area contributed by atoms with Crippen molar-refractivity contribution in [2.75, 3.05) is 6.79 Å². The van der Waals surface area contributed by atoms with Gasteiger partial charge in [-0.25, -0.2) is 0 Å². The van der Waals surface area contributed by atoms with Crippen molar-refractivity contribution in [3.8, 4) is 11.5 Å². The van der Waals surface area contributed by atoms with Gasteiger partial charge in [0.05, 0.1) is 6.42 Å². The summed E-state index contributed by atoms with van der Waals surface area (Å²) in [6, 6.07) is 13.7. The van der Waals surface area contributed by atoms with Crippen molar-refractivity contribution >= 4 is 5.91 Å². The van der Waals surface area contributed by atoms with Crippen LogP contribution in [0.25, 0.3) is 0 Å². The molecule has 0 radical (unpaired) electrons. The molecule has 1 N–H and O–H groups in total. The van der Waals surface area contributed by atoms with Gasteiger partial charge in [-0.05, 0) is 18.6 Å². The Hall–Kier alpha value is -2.49. The number of carbonyl (C=O) groups is 1. The second kappa shape index (κ2) is 5.87. The van der Waals surface area contributed by atoms with Crippen LogP contribution in [0.3, 0.4) is 0 Å². The Bertz CT molecular complexity index is 667. The average Bonchev–Trinajstić information content (AvgIpc) is 2.95. The molecule has 1 heterocycles. The summed E-state index contributed by atoms with van der Waals surface area (Å²) in [6.45, 7) is 2.79. The molecule has 4 heteroatoms. The van der Waals surface area contributed by atoms with Crippen molar-refractivity contribution < 1.29 is 14.3 Å². The third-order valence-corrected chi connectivity index (χ3v) is 3.40. The minimum Gasteiger partial charge on any atom is -0.454 e. The number of para-hydroxylation sites is 1. The first kappa shape index (κ1) is 13.5. The summed E-state index contributed by atoms with van der Waals surface area (Å²) < 4.78 is 10.7. The number of benzene rings is 2. The minimum atomic E-state index is -0.0274. The van der Waals surface area contributed by atoms with Crippen LogP contribution in [0.4, 0.5) is 0 Å². The number of rotatable bonds is 4. The predicted molar refractivity (Wildman–Crippen MR) is 79.3 cm³/mol. The highest BCUT2D eigenvalue weighted by atomic mass is 16.7. The molecule has 0 bridgehead atoms. The molecule has 108 valence electrons. The van der Waals surface area contributed by atoms with Crippen molar-refractivity contribution in [3.05, 3.63) is 59.2 Å². The van der Waals surface area contributed by atoms with Crippen molar-refractivity contribution in [3.63, 3.8) is 0 Å². The topological polar surface area (TPSA) is 47.6 Å². The Labute approximate surface area is 123 Å². The zero-order valence-corrected chi connectivity index (χ0v) is 11.9. The van der Waals surface area contributed by atoms with E-state index in [-0.39, 0.29) is 12.7 Å². The fourth-order valence-corrected chi connectivity index (χ4v) is 2.39. The maximum atomic E-state index is 12.1. The highest BCUT2D eigenvalue weighted by Crippen LogP contribution is 2.35. The molecule has 0 atom stereocenters. The Balaban J connectivity index is 1.61. The number of amides is 1. The summed E-state index contributed by atoms with van der Waals surface area (Å²) in [5.74, 6) is 1.36. The van der Waals surface area contributed by atoms with Crippen molar-refractivity contribution in [2.45, 2.75) is 19.9 Å². The Kier molecular flexibility index (Phi) is 3.77. The molecule has 4 nitrogen and oxygen atoms in total. The minimum absolute atomic E-state index is 0.0274. The van der Waals surface area contributed by atoms with Crippen molar-refractivity contribution in [1.29, 1.82) is 0 Å². The van der Waals surface area contributed by atoms with E-state index in [0.29, 0.717) is 24.5 Å². The fourth-order valence-electron chi connectivity index (χ4n) is 2.39. The fraction of sp³-hybridized carbons (Fsp3) is 0.235. The lowest BCUT2D eigenvalue weighted by Gasteiger charge is -2.08. The molecule has 1 amide bonds. The van der Waals surface area contributed by atoms with E-state index in [9.17, 15) is 4.79 Å². The van der Waals surface area contributed by atoms with Crippen molar-refractivity contribution in [2.24, 2.45) is 0 Å². The maximum Gasteiger partial charge on any atom is 0.231 e. The molecular weight excluding hydrogens is 266 g/mol. The van der Waals surface area contributed by atoms with Gasteiger partial charge in [0.25, 0.3) is 0 Å². The predicted octanol–water partition coefficient (Wildman–Crippen LogP) is 2.58. The summed E-state index contributed by atoms with van der Waals surface area (Å²) in [6.07, 6.45) is 0.290. The van der Waals surface area contributed by atoms with Gasteiger partial charge in [0.1, 0.15) is 0 Å². The number of fused-ring (bicyclic) bond motifs is 1. The van der Waals surface area contributed by atoms with Gasteiger partial charge in [-0.2, -0.15) is 0 Å². The maximum absolute atomic E-state index is 12.1. The van der Waals surface area contributed by atoms with Crippen LogP contribution < -0.4 is 14.8 Å². The smallest absolute Gasteiger partial charge is 0.231 e. The molecule has 0 saturated heterocycles. The lowest BCUT2D eigenvalue weighted by molar-refractivity contribution is -0.120. The third-order valence-electron chi connectivity index (χ3n) is 3.40. The number of aryl methyl sites for hydroxylation is 1. The number of nitrogens with one attached hydrogen (secondary N) is 1. The Morgan fingerprint density at radius 3 is 2.90 bits per heavy atom. The SMILES string of the molecule is Cc1cccc(CNC(=O)Cc2cccc3c2OCO3)c1. The molecule has 3 rings (SSSR count). The molecular formula is C17H17NO3. The van der Waals surface area contributed by atoms with Crippen LogP contribution in [0, 0.1) is 6.92 Å². The summed E-state index contributed by atoms with van der Waals surface area (Å²) in [4.78, 5) is 12.1. The monoisotopic (exact) mass is 283 g/mol. The second-order valence-electron chi connectivity index (χ2n) is 5.09. The van der Waals surface area contributed by atoms with E-state index in [1.165, 1.54) is 5.56 Å². The summed E-state index contributed by atoms with van der Waals surface area (Å²) in [5.41, 5.74) is 3.14. The van der Waals surface area contributed by atoms with E-state index < -0.39 is 0 Å². The van der Waals surface area contributed by atoms with Crippen molar-refractivity contribution in [1.82, 2.24) is 5.32 Å². The van der Waals surface area contributed by atoms with Gasteiger partial charge in [-0.3, -0.25) is 4.79 Å². The summed E-state index contributed by atoms with van der Waals surface area (Å²) >= 11 is 0. The number of hydrogen-bond acceptors (Lipinski definition) is 3. The van der Waals surface area contributed by atoms with Gasteiger partial charge in [0.15, 0.2) is 11.5 Å². The summed E-state index contributed by atoms with van der Waals surface area (Å²) in [7, 11) is 0. The highest BCUT2D eigenvalue weighted by Gasteiger charge is 2.18. The molecule has 0 spiro atoms. The Morgan fingerprint density at radius 1 is 1.19 bits per heavy atom. The van der Waals surface area contributed by atoms with E-state index in [1.807, 2.05) is 43.3 Å². The number of ether oxygens (including phenoxy) is 2. The van der Waals surface area contributed by atoms with Crippen LogP contribution in [0.5, 0.6) is 11.5 Å². The van der Waals surface area contributed by atoms with Crippen LogP contribution >= 0.6 is 0 Å². The molecule has 0 saturated carbocycles. The molecule has 2 aromatic rings. The first-order valence-corrected chi connectivity index (χ1v) is 6.92. The van der Waals surface area contributed by atoms with Gasteiger partial charge in [-0.15, -0.1) is 0 Å². The zero-order valence-electron chi connectivity index (χ0n) is 11.9. The third kappa shape index (κ3) is 3.16. The van der Waals surface area contributed by atoms with Crippen LogP contribution in [0.2, 0.25) is 0 Å². The van der Waals surface area contributed by atoms with Crippen LogP contribution in [0.15, 0.2) is 42.5 Å². The van der Waals surface area contributed by atoms with Gasteiger partial charge < -0.3 is 14.8 Å². The normalized spacial score (nSPS) is 12.2. The van der Waals surface area contributed by atoms with Gasteiger partial charge in [0.2, 0.25) is 12.7 Å². The van der Waals surface area contributed by atoms with E-state index in [0.717, 1.165) is 11.1 Å². The summed E-state index contributed by atoms with van der Waals surface area (Å²) in [5, 5.41) is 2.93. The molecule has 2 aromatic carbocycles. The molecule has 0 unspecified atom stereocenters. The van der Waals surface area contributed by atoms with E-state index in [2.05, 4.69) is 11.4 Å². The number of carbonyl (C=O) groups excluding carboxylic acids is 1. The van der Waals surface area contributed by atoms with Gasteiger partial charge >= 0.3 is 0 Å². The second-order valence-corrected chi connectivity index (χ2v) is 5.09. The highest BCUT2D eigenvalue weighted by molar-refractivity contribution is 5.79. The lowest BCUT2D eigenvalue weighted by Crippen LogP contribution is -2.24. The zero-order chi connectivity index (χ0) is 14.7. The first-order valence-electron chi connectivity index (χ1n) is 6.92. The first-order chi connectivity index (χ1) is 10.2. The molecule has 1 aliphatic heterocycles. The molecule has 1 aliphatic rings. The van der Waals surface area contributed by atoms with Gasteiger partial charge in [-0.1, -0.05) is 42.0 Å². The van der Waals surface area contributed by atoms with Crippen LogP contribution in [-0.4, -0.2) is 12.7 Å². The largest absolute Gasteiger partial charge is 0.454 e. The lowest BCUT2D eigenvalue weighted by atomic mass is 10.1. The van der Waals surface area contributed by atoms with Gasteiger partial charge in [0, 0.05) is 12.1 Å². The molecule has 0 fully saturated rings. The van der Waals surface area contributed by atoms with Crippen LogP contribution in [0.1, 0.15) is 16.7 Å². The van der Waals surface area contributed by atoms with Crippen LogP contribution in [-0.2, 0) is 17.8 Å².